The highest BCUT2D eigenvalue weighted by Crippen LogP contribution is 2.63. The number of esters is 1. The molecule has 1 saturated heterocycles. The number of hydrogen-bond acceptors (Lipinski definition) is 8. The summed E-state index contributed by atoms with van der Waals surface area (Å²) in [6.45, 7) is 6.33. The molecule has 196 valence electrons. The van der Waals surface area contributed by atoms with Crippen LogP contribution < -0.4 is 0 Å². The number of aliphatic hydroxyl groups excluding tert-OH is 2. The lowest BCUT2D eigenvalue weighted by molar-refractivity contribution is -0.328. The Hall–Kier alpha value is -1.81. The van der Waals surface area contributed by atoms with E-state index in [0.717, 1.165) is 0 Å². The van der Waals surface area contributed by atoms with E-state index < -0.39 is 69.5 Å². The molecule has 0 radical (unpaired) electrons. The average Bonchev–Trinajstić information content (AvgIpc) is 2.83. The van der Waals surface area contributed by atoms with Crippen LogP contribution in [0.4, 0.5) is 0 Å². The van der Waals surface area contributed by atoms with E-state index in [0.29, 0.717) is 5.57 Å². The van der Waals surface area contributed by atoms with Crippen molar-refractivity contribution in [3.05, 3.63) is 47.0 Å². The maximum absolute atomic E-state index is 14.1. The van der Waals surface area contributed by atoms with Crippen molar-refractivity contribution < 1.29 is 39.5 Å². The minimum Gasteiger partial charge on any atom is -0.455 e. The zero-order chi connectivity index (χ0) is 26.4. The maximum Gasteiger partial charge on any atom is 0.338 e. The molecule has 2 bridgehead atoms. The van der Waals surface area contributed by atoms with Gasteiger partial charge in [-0.2, -0.15) is 0 Å². The van der Waals surface area contributed by atoms with Crippen LogP contribution in [0, 0.1) is 16.7 Å². The first-order valence-electron chi connectivity index (χ1n) is 12.3. The Morgan fingerprint density at radius 1 is 1.14 bits per heavy atom. The Balaban J connectivity index is 1.78. The molecular weight excluding hydrogens is 488 g/mol. The predicted molar refractivity (Wildman–Crippen MR) is 129 cm³/mol. The van der Waals surface area contributed by atoms with Gasteiger partial charge in [0.05, 0.1) is 29.8 Å². The second kappa shape index (κ2) is 8.09. The molecule has 1 aromatic carbocycles. The van der Waals surface area contributed by atoms with Gasteiger partial charge in [0.25, 0.3) is 0 Å². The molecule has 9 atom stereocenters. The van der Waals surface area contributed by atoms with Gasteiger partial charge >= 0.3 is 5.97 Å². The summed E-state index contributed by atoms with van der Waals surface area (Å²) in [7, 11) is 0. The monoisotopic (exact) mass is 520 g/mol. The molecule has 5 rings (SSSR count). The molecule has 8 nitrogen and oxygen atoms in total. The van der Waals surface area contributed by atoms with Crippen LogP contribution in [0.2, 0.25) is 0 Å². The predicted octanol–water partition coefficient (Wildman–Crippen LogP) is 1.76. The van der Waals surface area contributed by atoms with Gasteiger partial charge in [-0.3, -0.25) is 4.79 Å². The number of rotatable bonds is 2. The van der Waals surface area contributed by atoms with Gasteiger partial charge in [-0.25, -0.2) is 4.79 Å². The number of hydrogen-bond donors (Lipinski definition) is 4. The molecule has 0 amide bonds. The normalized spacial score (nSPS) is 45.5. The lowest BCUT2D eigenvalue weighted by atomic mass is 9.45. The summed E-state index contributed by atoms with van der Waals surface area (Å²) in [5, 5.41) is 45.9. The minimum absolute atomic E-state index is 0.144. The van der Waals surface area contributed by atoms with E-state index in [4.69, 9.17) is 21.1 Å². The van der Waals surface area contributed by atoms with E-state index in [1.807, 2.05) is 0 Å². The number of benzene rings is 1. The van der Waals surface area contributed by atoms with Gasteiger partial charge < -0.3 is 29.9 Å². The smallest absolute Gasteiger partial charge is 0.338 e. The van der Waals surface area contributed by atoms with Gasteiger partial charge in [0.2, 0.25) is 0 Å². The molecule has 0 spiro atoms. The number of halogens is 1. The first-order chi connectivity index (χ1) is 16.7. The summed E-state index contributed by atoms with van der Waals surface area (Å²) in [4.78, 5) is 27.5. The van der Waals surface area contributed by atoms with Crippen LogP contribution in [0.5, 0.6) is 0 Å². The molecule has 2 saturated carbocycles. The van der Waals surface area contributed by atoms with Crippen LogP contribution in [0.3, 0.4) is 0 Å². The van der Waals surface area contributed by atoms with Crippen LogP contribution in [0.25, 0.3) is 0 Å². The number of fused-ring (bicyclic) bond motifs is 5. The Morgan fingerprint density at radius 2 is 1.78 bits per heavy atom. The highest BCUT2D eigenvalue weighted by molar-refractivity contribution is 6.23. The Bertz CT molecular complexity index is 1130. The fraction of sp³-hybridized carbons (Fsp3) is 0.630. The average molecular weight is 521 g/mol. The molecule has 36 heavy (non-hydrogen) atoms. The lowest BCUT2D eigenvalue weighted by Gasteiger charge is -2.66. The second-order valence-corrected chi connectivity index (χ2v) is 12.1. The van der Waals surface area contributed by atoms with Gasteiger partial charge in [0, 0.05) is 23.1 Å². The summed E-state index contributed by atoms with van der Waals surface area (Å²) in [6, 6.07) is 8.22. The van der Waals surface area contributed by atoms with Gasteiger partial charge in [-0.05, 0) is 36.6 Å². The zero-order valence-corrected chi connectivity index (χ0v) is 21.5. The van der Waals surface area contributed by atoms with Gasteiger partial charge in [0.1, 0.15) is 23.4 Å². The van der Waals surface area contributed by atoms with E-state index in [2.05, 4.69) is 0 Å². The molecule has 8 unspecified atom stereocenters. The molecule has 4 N–H and O–H groups in total. The van der Waals surface area contributed by atoms with Crippen LogP contribution in [-0.4, -0.2) is 79.8 Å². The van der Waals surface area contributed by atoms with Crippen LogP contribution in [-0.2, 0) is 14.3 Å². The van der Waals surface area contributed by atoms with Gasteiger partial charge in [-0.15, -0.1) is 11.6 Å². The minimum atomic E-state index is -1.97. The third-order valence-corrected chi connectivity index (χ3v) is 10.2. The SMILES string of the molecule is CC1=C2C(O)C(=O)[C@]3(C)C(Cl)CC4OCC4(O)C3C(OC(=O)c3ccccc3)C(O)(CC1O)C2(C)C. The molecule has 3 fully saturated rings. The fourth-order valence-corrected chi connectivity index (χ4v) is 7.63. The quantitative estimate of drug-likeness (QED) is 0.263. The van der Waals surface area contributed by atoms with Crippen LogP contribution >= 0.6 is 11.6 Å². The molecule has 3 aliphatic carbocycles. The molecule has 0 aromatic heterocycles. The zero-order valence-electron chi connectivity index (χ0n) is 20.8. The molecule has 1 aliphatic heterocycles. The molecule has 9 heteroatoms. The van der Waals surface area contributed by atoms with E-state index in [1.165, 1.54) is 0 Å². The second-order valence-electron chi connectivity index (χ2n) is 11.6. The maximum atomic E-state index is 14.1. The largest absolute Gasteiger partial charge is 0.455 e. The molecule has 4 aliphatic rings. The highest BCUT2D eigenvalue weighted by Gasteiger charge is 2.76. The highest BCUT2D eigenvalue weighted by atomic mass is 35.5. The Kier molecular flexibility index (Phi) is 5.80. The summed E-state index contributed by atoms with van der Waals surface area (Å²) < 4.78 is 11.7. The van der Waals surface area contributed by atoms with Crippen molar-refractivity contribution in [2.24, 2.45) is 16.7 Å². The Labute approximate surface area is 214 Å². The molecular formula is C27H33ClO8. The van der Waals surface area contributed by atoms with Crippen molar-refractivity contribution in [1.29, 1.82) is 0 Å². The van der Waals surface area contributed by atoms with E-state index in [1.54, 1.807) is 58.0 Å². The van der Waals surface area contributed by atoms with E-state index >= 15 is 0 Å². The number of carbonyl (C=O) groups is 2. The van der Waals surface area contributed by atoms with Crippen molar-refractivity contribution in [1.82, 2.24) is 0 Å². The van der Waals surface area contributed by atoms with E-state index in [-0.39, 0.29) is 30.6 Å². The van der Waals surface area contributed by atoms with Gasteiger partial charge in [-0.1, -0.05) is 39.0 Å². The van der Waals surface area contributed by atoms with Crippen molar-refractivity contribution >= 4 is 23.4 Å². The van der Waals surface area contributed by atoms with Gasteiger partial charge in [0.15, 0.2) is 5.78 Å². The number of ether oxygens (including phenoxy) is 2. The van der Waals surface area contributed by atoms with E-state index in [9.17, 15) is 30.0 Å². The first kappa shape index (κ1) is 25.8. The number of aliphatic hydroxyl groups is 4. The molecule has 1 aromatic rings. The first-order valence-corrected chi connectivity index (χ1v) is 12.7. The van der Waals surface area contributed by atoms with Crippen LogP contribution in [0.15, 0.2) is 41.5 Å². The standard InChI is InChI=1S/C27H33ClO8/c1-13-15(29)11-27(34)22(36-23(32)14-8-6-5-7-9-14)20-25(4,16(28)10-17-26(20,33)12-35-17)21(31)19(30)18(13)24(27,2)3/h5-9,15-17,19-20,22,29-30,33-34H,10-12H2,1-4H3/t15?,16?,17?,19?,20?,22?,25-,26?,27?/m1/s1. The van der Waals surface area contributed by atoms with Crippen molar-refractivity contribution in [2.45, 2.75) is 81.5 Å². The van der Waals surface area contributed by atoms with Crippen molar-refractivity contribution in [2.75, 3.05) is 6.61 Å². The topological polar surface area (TPSA) is 134 Å². The summed E-state index contributed by atoms with van der Waals surface area (Å²) in [5.74, 6) is -2.61. The molecule has 1 heterocycles. The number of alkyl halides is 1. The Morgan fingerprint density at radius 3 is 2.36 bits per heavy atom. The number of carbonyl (C=O) groups excluding carboxylic acids is 2. The summed E-state index contributed by atoms with van der Waals surface area (Å²) in [6.07, 6.45) is -5.17. The summed E-state index contributed by atoms with van der Waals surface area (Å²) >= 11 is 6.82. The lowest BCUT2D eigenvalue weighted by Crippen LogP contribution is -2.80. The summed E-state index contributed by atoms with van der Waals surface area (Å²) in [5.41, 5.74) is -5.74. The van der Waals surface area contributed by atoms with Crippen LogP contribution in [0.1, 0.15) is 50.9 Å². The fourth-order valence-electron chi connectivity index (χ4n) is 7.23. The van der Waals surface area contributed by atoms with Crippen molar-refractivity contribution in [3.63, 3.8) is 0 Å². The third-order valence-electron chi connectivity index (χ3n) is 9.58. The number of Topliss-reactive ketones (excluding diaryl/α,β-unsaturated/α-hetero) is 1. The number of ketones is 1. The van der Waals surface area contributed by atoms with Crippen molar-refractivity contribution in [3.8, 4) is 0 Å². The third kappa shape index (κ3) is 3.12.